The molecule has 1 aliphatic rings. The van der Waals surface area contributed by atoms with E-state index in [1.54, 1.807) is 0 Å². The van der Waals surface area contributed by atoms with Crippen molar-refractivity contribution in [1.82, 2.24) is 5.32 Å². The van der Waals surface area contributed by atoms with Crippen molar-refractivity contribution in [2.45, 2.75) is 58.2 Å². The number of hydrogen-bond acceptors (Lipinski definition) is 3. The van der Waals surface area contributed by atoms with Gasteiger partial charge in [-0.15, -0.1) is 0 Å². The van der Waals surface area contributed by atoms with Gasteiger partial charge in [-0.25, -0.2) is 0 Å². The van der Waals surface area contributed by atoms with Crippen molar-refractivity contribution in [2.24, 2.45) is 5.92 Å². The van der Waals surface area contributed by atoms with E-state index in [0.717, 1.165) is 25.3 Å². The molecule has 3 heteroatoms. The van der Waals surface area contributed by atoms with Crippen molar-refractivity contribution in [3.8, 4) is 5.75 Å². The summed E-state index contributed by atoms with van der Waals surface area (Å²) < 4.78 is 11.3. The average molecular weight is 291 g/mol. The lowest BCUT2D eigenvalue weighted by Crippen LogP contribution is -2.36. The van der Waals surface area contributed by atoms with Crippen LogP contribution in [0.3, 0.4) is 0 Å². The summed E-state index contributed by atoms with van der Waals surface area (Å²) in [5.41, 5.74) is 1.30. The Balaban J connectivity index is 1.74. The molecule has 0 bridgehead atoms. The van der Waals surface area contributed by atoms with Crippen LogP contribution < -0.4 is 10.1 Å². The molecule has 2 atom stereocenters. The lowest BCUT2D eigenvalue weighted by molar-refractivity contribution is 0.0847. The van der Waals surface area contributed by atoms with E-state index in [2.05, 4.69) is 43.4 Å². The van der Waals surface area contributed by atoms with Crippen molar-refractivity contribution in [2.75, 3.05) is 13.7 Å². The Morgan fingerprint density at radius 2 is 1.95 bits per heavy atom. The van der Waals surface area contributed by atoms with E-state index in [1.165, 1.54) is 24.8 Å². The normalized spacial score (nSPS) is 21.9. The van der Waals surface area contributed by atoms with E-state index < -0.39 is 0 Å². The van der Waals surface area contributed by atoms with E-state index in [1.807, 2.05) is 7.11 Å². The van der Waals surface area contributed by atoms with Crippen LogP contribution in [0, 0.1) is 5.92 Å². The Bertz CT molecular complexity index is 402. The van der Waals surface area contributed by atoms with Crippen molar-refractivity contribution in [3.05, 3.63) is 29.8 Å². The van der Waals surface area contributed by atoms with E-state index in [9.17, 15) is 0 Å². The number of ether oxygens (including phenoxy) is 2. The second-order valence-electron chi connectivity index (χ2n) is 6.37. The largest absolute Gasteiger partial charge is 0.494 e. The fourth-order valence-corrected chi connectivity index (χ4v) is 2.81. The van der Waals surface area contributed by atoms with Crippen LogP contribution in [0.1, 0.15) is 45.1 Å². The van der Waals surface area contributed by atoms with Gasteiger partial charge in [0.25, 0.3) is 0 Å². The number of nitrogens with one attached hydrogen (secondary N) is 1. The molecule has 21 heavy (non-hydrogen) atoms. The van der Waals surface area contributed by atoms with Crippen molar-refractivity contribution >= 4 is 0 Å². The van der Waals surface area contributed by atoms with Gasteiger partial charge in [0.15, 0.2) is 0 Å². The maximum Gasteiger partial charge on any atom is 0.119 e. The highest BCUT2D eigenvalue weighted by Crippen LogP contribution is 2.22. The van der Waals surface area contributed by atoms with Gasteiger partial charge in [-0.2, -0.15) is 0 Å². The first kappa shape index (κ1) is 16.3. The van der Waals surface area contributed by atoms with Crippen LogP contribution in [0.15, 0.2) is 24.3 Å². The molecule has 1 aliphatic carbocycles. The van der Waals surface area contributed by atoms with E-state index >= 15 is 0 Å². The smallest absolute Gasteiger partial charge is 0.119 e. The Morgan fingerprint density at radius 1 is 1.19 bits per heavy atom. The summed E-state index contributed by atoms with van der Waals surface area (Å²) in [4.78, 5) is 0. The fourth-order valence-electron chi connectivity index (χ4n) is 2.81. The zero-order valence-electron chi connectivity index (χ0n) is 13.6. The van der Waals surface area contributed by atoms with Crippen LogP contribution in [0.5, 0.6) is 5.75 Å². The molecule has 3 nitrogen and oxygen atoms in total. The molecule has 0 heterocycles. The van der Waals surface area contributed by atoms with Crippen molar-refractivity contribution in [3.63, 3.8) is 0 Å². The monoisotopic (exact) mass is 291 g/mol. The number of benzene rings is 1. The number of methoxy groups -OCH3 is 1. The molecule has 2 unspecified atom stereocenters. The van der Waals surface area contributed by atoms with Crippen LogP contribution in [0.25, 0.3) is 0 Å². The van der Waals surface area contributed by atoms with E-state index in [0.29, 0.717) is 18.1 Å². The fraction of sp³-hybridized carbons (Fsp3) is 0.667. The zero-order valence-corrected chi connectivity index (χ0v) is 13.6. The zero-order chi connectivity index (χ0) is 15.1. The molecule has 0 aliphatic heterocycles. The highest BCUT2D eigenvalue weighted by molar-refractivity contribution is 5.27. The first-order valence-corrected chi connectivity index (χ1v) is 8.17. The van der Waals surface area contributed by atoms with E-state index in [-0.39, 0.29) is 0 Å². The summed E-state index contributed by atoms with van der Waals surface area (Å²) in [5, 5.41) is 3.61. The Kier molecular flexibility index (Phi) is 6.52. The van der Waals surface area contributed by atoms with Crippen LogP contribution in [0.4, 0.5) is 0 Å². The molecule has 2 rings (SSSR count). The third-order valence-electron chi connectivity index (χ3n) is 4.21. The molecule has 1 fully saturated rings. The first-order valence-electron chi connectivity index (χ1n) is 8.17. The van der Waals surface area contributed by atoms with Gasteiger partial charge in [-0.1, -0.05) is 26.0 Å². The summed E-state index contributed by atoms with van der Waals surface area (Å²) in [7, 11) is 1.81. The highest BCUT2D eigenvalue weighted by Gasteiger charge is 2.26. The molecular formula is C18H29NO2. The van der Waals surface area contributed by atoms with Gasteiger partial charge in [-0.05, 0) is 49.3 Å². The van der Waals surface area contributed by atoms with Gasteiger partial charge < -0.3 is 14.8 Å². The van der Waals surface area contributed by atoms with Crippen molar-refractivity contribution < 1.29 is 9.47 Å². The van der Waals surface area contributed by atoms with Gasteiger partial charge in [0.2, 0.25) is 0 Å². The van der Waals surface area contributed by atoms with Crippen LogP contribution >= 0.6 is 0 Å². The Morgan fingerprint density at radius 3 is 2.62 bits per heavy atom. The third kappa shape index (κ3) is 5.33. The summed E-state index contributed by atoms with van der Waals surface area (Å²) in [6.07, 6.45) is 5.14. The summed E-state index contributed by atoms with van der Waals surface area (Å²) in [5.74, 6) is 1.66. The van der Waals surface area contributed by atoms with Gasteiger partial charge in [0, 0.05) is 19.7 Å². The molecular weight excluding hydrogens is 262 g/mol. The second-order valence-corrected chi connectivity index (χ2v) is 6.37. The summed E-state index contributed by atoms with van der Waals surface area (Å²) in [6.45, 7) is 6.13. The lowest BCUT2D eigenvalue weighted by Gasteiger charge is -2.19. The highest BCUT2D eigenvalue weighted by atomic mass is 16.5. The second kappa shape index (κ2) is 8.40. The molecule has 1 N–H and O–H groups in total. The molecule has 0 radical (unpaired) electrons. The standard InChI is InChI=1S/C18H29NO2/c1-14(2)11-12-21-16-9-7-15(8-10-16)13-19-17-5-4-6-18(17)20-3/h7-10,14,17-19H,4-6,11-13H2,1-3H3. The molecule has 118 valence electrons. The Hall–Kier alpha value is -1.06. The van der Waals surface area contributed by atoms with Gasteiger partial charge in [0.05, 0.1) is 12.7 Å². The summed E-state index contributed by atoms with van der Waals surface area (Å²) >= 11 is 0. The quantitative estimate of drug-likeness (QED) is 0.791. The average Bonchev–Trinajstić information content (AvgIpc) is 2.93. The topological polar surface area (TPSA) is 30.5 Å². The van der Waals surface area contributed by atoms with Gasteiger partial charge >= 0.3 is 0 Å². The third-order valence-corrected chi connectivity index (χ3v) is 4.21. The SMILES string of the molecule is COC1CCCC1NCc1ccc(OCCC(C)C)cc1. The molecule has 1 aromatic carbocycles. The van der Waals surface area contributed by atoms with Crippen LogP contribution in [-0.4, -0.2) is 25.9 Å². The minimum atomic E-state index is 0.378. The molecule has 0 saturated heterocycles. The predicted octanol–water partition coefficient (Wildman–Crippen LogP) is 3.77. The Labute approximate surface area is 129 Å². The molecule has 0 spiro atoms. The van der Waals surface area contributed by atoms with Crippen LogP contribution in [0.2, 0.25) is 0 Å². The van der Waals surface area contributed by atoms with Gasteiger partial charge in [0.1, 0.15) is 5.75 Å². The maximum absolute atomic E-state index is 5.74. The minimum absolute atomic E-state index is 0.378. The predicted molar refractivity (Wildman–Crippen MR) is 86.7 cm³/mol. The lowest BCUT2D eigenvalue weighted by atomic mass is 10.1. The molecule has 0 amide bonds. The number of hydrogen-bond donors (Lipinski definition) is 1. The van der Waals surface area contributed by atoms with E-state index in [4.69, 9.17) is 9.47 Å². The first-order chi connectivity index (χ1) is 10.2. The molecule has 0 aromatic heterocycles. The molecule has 1 saturated carbocycles. The molecule has 1 aromatic rings. The summed E-state index contributed by atoms with van der Waals surface area (Å²) in [6, 6.07) is 8.93. The minimum Gasteiger partial charge on any atom is -0.494 e. The van der Waals surface area contributed by atoms with Crippen molar-refractivity contribution in [1.29, 1.82) is 0 Å². The number of rotatable bonds is 8. The maximum atomic E-state index is 5.74. The van der Waals surface area contributed by atoms with Crippen LogP contribution in [-0.2, 0) is 11.3 Å². The van der Waals surface area contributed by atoms with Gasteiger partial charge in [-0.3, -0.25) is 0 Å².